The van der Waals surface area contributed by atoms with Gasteiger partial charge in [0.2, 0.25) is 0 Å². The summed E-state index contributed by atoms with van der Waals surface area (Å²) in [6.45, 7) is 1.62. The van der Waals surface area contributed by atoms with Gasteiger partial charge in [-0.05, 0) is 47.1 Å². The fourth-order valence-corrected chi connectivity index (χ4v) is 3.50. The van der Waals surface area contributed by atoms with Crippen LogP contribution in [0.5, 0.6) is 5.75 Å². The van der Waals surface area contributed by atoms with Crippen molar-refractivity contribution in [2.45, 2.75) is 19.1 Å². The van der Waals surface area contributed by atoms with Gasteiger partial charge in [0.25, 0.3) is 5.91 Å². The lowest BCUT2D eigenvalue weighted by Gasteiger charge is -2.22. The first-order valence-corrected chi connectivity index (χ1v) is 9.67. The SMILES string of the molecule is CC(Oc1ccc(Cl)cc1Br)C(=O)NC(c1ccccc1F)c1nccn1C. The molecule has 1 aromatic heterocycles. The zero-order chi connectivity index (χ0) is 20.3. The maximum absolute atomic E-state index is 14.4. The quantitative estimate of drug-likeness (QED) is 0.575. The van der Waals surface area contributed by atoms with Gasteiger partial charge in [-0.3, -0.25) is 4.79 Å². The first-order chi connectivity index (χ1) is 13.4. The first-order valence-electron chi connectivity index (χ1n) is 8.50. The van der Waals surface area contributed by atoms with Gasteiger partial charge in [-0.1, -0.05) is 29.8 Å². The van der Waals surface area contributed by atoms with Crippen LogP contribution in [0.3, 0.4) is 0 Å². The van der Waals surface area contributed by atoms with Gasteiger partial charge in [0.05, 0.1) is 4.47 Å². The number of hydrogen-bond donors (Lipinski definition) is 1. The van der Waals surface area contributed by atoms with Crippen molar-refractivity contribution in [3.05, 3.63) is 81.6 Å². The highest BCUT2D eigenvalue weighted by Gasteiger charge is 2.26. The molecule has 0 aliphatic carbocycles. The van der Waals surface area contributed by atoms with Gasteiger partial charge in [-0.25, -0.2) is 9.37 Å². The molecule has 2 aromatic carbocycles. The topological polar surface area (TPSA) is 56.1 Å². The predicted molar refractivity (Wildman–Crippen MR) is 109 cm³/mol. The highest BCUT2D eigenvalue weighted by Crippen LogP contribution is 2.29. The van der Waals surface area contributed by atoms with E-state index in [0.29, 0.717) is 26.6 Å². The second kappa shape index (κ2) is 8.75. The molecule has 0 radical (unpaired) electrons. The molecule has 0 spiro atoms. The van der Waals surface area contributed by atoms with Crippen molar-refractivity contribution in [2.75, 3.05) is 0 Å². The van der Waals surface area contributed by atoms with Gasteiger partial charge in [0.15, 0.2) is 6.10 Å². The number of nitrogens with zero attached hydrogens (tertiary/aromatic N) is 2. The molecule has 28 heavy (non-hydrogen) atoms. The number of nitrogens with one attached hydrogen (secondary N) is 1. The van der Waals surface area contributed by atoms with Crippen LogP contribution in [0.15, 0.2) is 59.3 Å². The monoisotopic (exact) mass is 465 g/mol. The van der Waals surface area contributed by atoms with Crippen molar-refractivity contribution < 1.29 is 13.9 Å². The number of carbonyl (C=O) groups excluding carboxylic acids is 1. The van der Waals surface area contributed by atoms with Gasteiger partial charge < -0.3 is 14.6 Å². The zero-order valence-electron chi connectivity index (χ0n) is 15.2. The van der Waals surface area contributed by atoms with E-state index in [1.165, 1.54) is 6.07 Å². The molecule has 8 heteroatoms. The second-order valence-corrected chi connectivity index (χ2v) is 7.49. The molecule has 0 fully saturated rings. The Morgan fingerprint density at radius 3 is 2.71 bits per heavy atom. The van der Waals surface area contributed by atoms with E-state index in [2.05, 4.69) is 26.2 Å². The van der Waals surface area contributed by atoms with Crippen LogP contribution in [0.2, 0.25) is 5.02 Å². The van der Waals surface area contributed by atoms with Gasteiger partial charge in [0.1, 0.15) is 23.4 Å². The Morgan fingerprint density at radius 1 is 1.32 bits per heavy atom. The lowest BCUT2D eigenvalue weighted by molar-refractivity contribution is -0.127. The molecular formula is C20H18BrClFN3O2. The summed E-state index contributed by atoms with van der Waals surface area (Å²) >= 11 is 9.29. The van der Waals surface area contributed by atoms with Gasteiger partial charge in [0, 0.05) is 30.0 Å². The number of ether oxygens (including phenoxy) is 1. The number of imidazole rings is 1. The van der Waals surface area contributed by atoms with E-state index in [4.69, 9.17) is 16.3 Å². The van der Waals surface area contributed by atoms with Crippen LogP contribution in [0.4, 0.5) is 4.39 Å². The fraction of sp³-hybridized carbons (Fsp3) is 0.200. The highest BCUT2D eigenvalue weighted by atomic mass is 79.9. The average molecular weight is 467 g/mol. The summed E-state index contributed by atoms with van der Waals surface area (Å²) in [5.41, 5.74) is 0.324. The van der Waals surface area contributed by atoms with Crippen molar-refractivity contribution in [1.82, 2.24) is 14.9 Å². The molecule has 2 unspecified atom stereocenters. The van der Waals surface area contributed by atoms with Crippen LogP contribution in [0.25, 0.3) is 0 Å². The Kier molecular flexibility index (Phi) is 6.36. The molecule has 1 heterocycles. The van der Waals surface area contributed by atoms with Crippen LogP contribution in [-0.2, 0) is 11.8 Å². The smallest absolute Gasteiger partial charge is 0.261 e. The van der Waals surface area contributed by atoms with E-state index in [1.54, 1.807) is 67.3 Å². The van der Waals surface area contributed by atoms with Crippen molar-refractivity contribution in [3.8, 4) is 5.75 Å². The summed E-state index contributed by atoms with van der Waals surface area (Å²) in [5, 5.41) is 3.39. The number of halogens is 3. The molecule has 0 aliphatic heterocycles. The molecular weight excluding hydrogens is 449 g/mol. The number of benzene rings is 2. The summed E-state index contributed by atoms with van der Waals surface area (Å²) < 4.78 is 22.5. The van der Waals surface area contributed by atoms with Crippen LogP contribution in [0, 0.1) is 5.82 Å². The van der Waals surface area contributed by atoms with Crippen molar-refractivity contribution in [1.29, 1.82) is 0 Å². The summed E-state index contributed by atoms with van der Waals surface area (Å²) in [7, 11) is 1.78. The maximum Gasteiger partial charge on any atom is 0.261 e. The minimum atomic E-state index is -0.827. The second-order valence-electron chi connectivity index (χ2n) is 6.19. The van der Waals surface area contributed by atoms with E-state index in [0.717, 1.165) is 0 Å². The number of hydrogen-bond acceptors (Lipinski definition) is 3. The van der Waals surface area contributed by atoms with E-state index in [1.807, 2.05) is 0 Å². The van der Waals surface area contributed by atoms with Crippen LogP contribution in [-0.4, -0.2) is 21.6 Å². The molecule has 1 N–H and O–H groups in total. The summed E-state index contributed by atoms with van der Waals surface area (Å²) in [6.07, 6.45) is 2.51. The standard InChI is InChI=1S/C20H18BrClFN3O2/c1-12(28-17-8-7-13(22)11-15(17)21)20(27)25-18(19-24-9-10-26(19)2)14-5-3-4-6-16(14)23/h3-12,18H,1-2H3,(H,25,27). The number of amides is 1. The minimum Gasteiger partial charge on any atom is -0.480 e. The lowest BCUT2D eigenvalue weighted by atomic mass is 10.0. The number of aryl methyl sites for hydroxylation is 1. The van der Waals surface area contributed by atoms with Crippen LogP contribution < -0.4 is 10.1 Å². The number of aromatic nitrogens is 2. The minimum absolute atomic E-state index is 0.324. The number of rotatable bonds is 6. The number of carbonyl (C=O) groups is 1. The summed E-state index contributed by atoms with van der Waals surface area (Å²) in [5.74, 6) is 0.160. The summed E-state index contributed by atoms with van der Waals surface area (Å²) in [6, 6.07) is 10.5. The van der Waals surface area contributed by atoms with E-state index >= 15 is 0 Å². The van der Waals surface area contributed by atoms with E-state index < -0.39 is 23.9 Å². The van der Waals surface area contributed by atoms with Gasteiger partial charge in [-0.15, -0.1) is 0 Å². The molecule has 0 bridgehead atoms. The third-order valence-electron chi connectivity index (χ3n) is 4.19. The fourth-order valence-electron chi connectivity index (χ4n) is 2.72. The molecule has 5 nitrogen and oxygen atoms in total. The maximum atomic E-state index is 14.4. The lowest BCUT2D eigenvalue weighted by Crippen LogP contribution is -2.40. The highest BCUT2D eigenvalue weighted by molar-refractivity contribution is 9.10. The molecule has 1 amide bonds. The van der Waals surface area contributed by atoms with Crippen molar-refractivity contribution in [3.63, 3.8) is 0 Å². The Bertz CT molecular complexity index is 995. The van der Waals surface area contributed by atoms with E-state index in [9.17, 15) is 9.18 Å². The van der Waals surface area contributed by atoms with Crippen LogP contribution >= 0.6 is 27.5 Å². The van der Waals surface area contributed by atoms with E-state index in [-0.39, 0.29) is 0 Å². The van der Waals surface area contributed by atoms with Crippen LogP contribution in [0.1, 0.15) is 24.4 Å². The largest absolute Gasteiger partial charge is 0.480 e. The Balaban J connectivity index is 1.83. The van der Waals surface area contributed by atoms with Crippen molar-refractivity contribution >= 4 is 33.4 Å². The predicted octanol–water partition coefficient (Wildman–Crippen LogP) is 4.65. The van der Waals surface area contributed by atoms with Gasteiger partial charge >= 0.3 is 0 Å². The molecule has 0 aliphatic rings. The average Bonchev–Trinajstić information content (AvgIpc) is 3.08. The molecule has 3 rings (SSSR count). The third-order valence-corrected chi connectivity index (χ3v) is 5.04. The summed E-state index contributed by atoms with van der Waals surface area (Å²) in [4.78, 5) is 17.1. The molecule has 2 atom stereocenters. The zero-order valence-corrected chi connectivity index (χ0v) is 17.5. The first kappa shape index (κ1) is 20.4. The molecule has 3 aromatic rings. The third kappa shape index (κ3) is 4.54. The van der Waals surface area contributed by atoms with Gasteiger partial charge in [-0.2, -0.15) is 0 Å². The molecule has 0 saturated heterocycles. The Hall–Kier alpha value is -2.38. The molecule has 0 saturated carbocycles. The molecule has 146 valence electrons. The Morgan fingerprint density at radius 2 is 2.07 bits per heavy atom. The normalized spacial score (nSPS) is 13.0. The Labute approximate surface area is 175 Å². The van der Waals surface area contributed by atoms with Crippen molar-refractivity contribution in [2.24, 2.45) is 7.05 Å².